The highest BCUT2D eigenvalue weighted by Gasteiger charge is 2.43. The number of methoxy groups -OCH3 is 2. The zero-order valence-corrected chi connectivity index (χ0v) is 20.1. The van der Waals surface area contributed by atoms with Gasteiger partial charge in [0.2, 0.25) is 0 Å². The zero-order valence-electron chi connectivity index (χ0n) is 18.6. The lowest BCUT2D eigenvalue weighted by Gasteiger charge is -2.27. The highest BCUT2D eigenvalue weighted by Crippen LogP contribution is 2.46. The molecule has 0 amide bonds. The van der Waals surface area contributed by atoms with E-state index in [1.165, 1.54) is 0 Å². The first-order valence-electron chi connectivity index (χ1n) is 10.7. The smallest absolute Gasteiger partial charge is 0.174 e. The Morgan fingerprint density at radius 2 is 1.82 bits per heavy atom. The van der Waals surface area contributed by atoms with Gasteiger partial charge in [-0.25, -0.2) is 0 Å². The van der Waals surface area contributed by atoms with Gasteiger partial charge < -0.3 is 24.1 Å². The average molecular weight is 492 g/mol. The Bertz CT molecular complexity index is 1310. The highest BCUT2D eigenvalue weighted by atomic mass is 35.5. The predicted molar refractivity (Wildman–Crippen MR) is 137 cm³/mol. The van der Waals surface area contributed by atoms with Crippen molar-refractivity contribution in [3.8, 4) is 22.8 Å². The molecule has 2 atom stereocenters. The van der Waals surface area contributed by atoms with Gasteiger partial charge >= 0.3 is 0 Å². The molecule has 172 valence electrons. The number of furan rings is 1. The fourth-order valence-corrected chi connectivity index (χ4v) is 4.63. The molecule has 1 saturated heterocycles. The van der Waals surface area contributed by atoms with Crippen LogP contribution in [0, 0.1) is 0 Å². The molecule has 3 heterocycles. The largest absolute Gasteiger partial charge is 0.497 e. The number of thiocarbonyl (C=S) groups is 1. The van der Waals surface area contributed by atoms with Crippen LogP contribution in [0.3, 0.4) is 0 Å². The molecular weight excluding hydrogens is 470 g/mol. The van der Waals surface area contributed by atoms with Crippen molar-refractivity contribution in [2.45, 2.75) is 12.1 Å². The SMILES string of the molecule is COc1ccc(N2C(=S)NC(c3ccccn3)C2c2ccc(-c3ccc(Cl)cc3)o2)c(OC)c1. The molecule has 5 rings (SSSR count). The van der Waals surface area contributed by atoms with E-state index < -0.39 is 0 Å². The molecule has 1 aliphatic heterocycles. The van der Waals surface area contributed by atoms with E-state index in [1.807, 2.05) is 77.7 Å². The first-order valence-corrected chi connectivity index (χ1v) is 11.5. The summed E-state index contributed by atoms with van der Waals surface area (Å²) in [6.07, 6.45) is 1.77. The molecule has 34 heavy (non-hydrogen) atoms. The lowest BCUT2D eigenvalue weighted by molar-refractivity contribution is 0.392. The Labute approximate surface area is 208 Å². The maximum Gasteiger partial charge on any atom is 0.174 e. The number of nitrogens with one attached hydrogen (secondary N) is 1. The summed E-state index contributed by atoms with van der Waals surface area (Å²) >= 11 is 11.9. The van der Waals surface area contributed by atoms with E-state index in [9.17, 15) is 0 Å². The second-order valence-corrected chi connectivity index (χ2v) is 8.57. The third-order valence-electron chi connectivity index (χ3n) is 5.79. The summed E-state index contributed by atoms with van der Waals surface area (Å²) in [5.41, 5.74) is 2.59. The molecule has 1 fully saturated rings. The van der Waals surface area contributed by atoms with Gasteiger partial charge in [-0.05, 0) is 72.9 Å². The topological polar surface area (TPSA) is 59.8 Å². The number of anilines is 1. The Hall–Kier alpha value is -3.55. The third kappa shape index (κ3) is 4.08. The number of benzene rings is 2. The van der Waals surface area contributed by atoms with Gasteiger partial charge in [0.05, 0.1) is 31.6 Å². The van der Waals surface area contributed by atoms with Crippen LogP contribution in [0.4, 0.5) is 5.69 Å². The first kappa shape index (κ1) is 22.3. The van der Waals surface area contributed by atoms with Crippen LogP contribution in [0.15, 0.2) is 83.4 Å². The van der Waals surface area contributed by atoms with Crippen molar-refractivity contribution in [3.63, 3.8) is 0 Å². The highest BCUT2D eigenvalue weighted by molar-refractivity contribution is 7.80. The normalized spacial score (nSPS) is 17.5. The van der Waals surface area contributed by atoms with Crippen LogP contribution in [0.5, 0.6) is 11.5 Å². The number of hydrogen-bond donors (Lipinski definition) is 1. The number of rotatable bonds is 6. The van der Waals surface area contributed by atoms with Crippen LogP contribution >= 0.6 is 23.8 Å². The van der Waals surface area contributed by atoms with Gasteiger partial charge in [-0.3, -0.25) is 4.98 Å². The van der Waals surface area contributed by atoms with Gasteiger partial charge in [0.15, 0.2) is 5.11 Å². The molecular formula is C26H22ClN3O3S. The molecule has 0 saturated carbocycles. The molecule has 2 aromatic heterocycles. The summed E-state index contributed by atoms with van der Waals surface area (Å²) in [5.74, 6) is 2.82. The van der Waals surface area contributed by atoms with E-state index in [-0.39, 0.29) is 12.1 Å². The van der Waals surface area contributed by atoms with Gasteiger partial charge in [0.25, 0.3) is 0 Å². The maximum atomic E-state index is 6.39. The average Bonchev–Trinajstić information content (AvgIpc) is 3.49. The van der Waals surface area contributed by atoms with E-state index in [4.69, 9.17) is 37.7 Å². The number of pyridine rings is 1. The molecule has 6 nitrogen and oxygen atoms in total. The van der Waals surface area contributed by atoms with Crippen LogP contribution in [-0.2, 0) is 0 Å². The minimum Gasteiger partial charge on any atom is -0.497 e. The zero-order chi connectivity index (χ0) is 23.7. The number of hydrogen-bond acceptors (Lipinski definition) is 5. The van der Waals surface area contributed by atoms with Crippen molar-refractivity contribution in [1.29, 1.82) is 0 Å². The van der Waals surface area contributed by atoms with E-state index in [0.29, 0.717) is 21.6 Å². The Morgan fingerprint density at radius 1 is 1.00 bits per heavy atom. The number of halogens is 1. The predicted octanol–water partition coefficient (Wildman–Crippen LogP) is 6.19. The quantitative estimate of drug-likeness (QED) is 0.323. The monoisotopic (exact) mass is 491 g/mol. The lowest BCUT2D eigenvalue weighted by atomic mass is 10.0. The minimum atomic E-state index is -0.300. The second kappa shape index (κ2) is 9.37. The molecule has 0 aliphatic carbocycles. The molecule has 8 heteroatoms. The van der Waals surface area contributed by atoms with Crippen LogP contribution in [0.2, 0.25) is 5.02 Å². The summed E-state index contributed by atoms with van der Waals surface area (Å²) in [7, 11) is 3.25. The van der Waals surface area contributed by atoms with E-state index in [2.05, 4.69) is 10.3 Å². The van der Waals surface area contributed by atoms with Gasteiger partial charge in [-0.15, -0.1) is 0 Å². The third-order valence-corrected chi connectivity index (χ3v) is 6.36. The van der Waals surface area contributed by atoms with Gasteiger partial charge in [0.1, 0.15) is 29.1 Å². The van der Waals surface area contributed by atoms with Gasteiger partial charge in [0, 0.05) is 22.8 Å². The fourth-order valence-electron chi connectivity index (χ4n) is 4.17. The molecule has 1 aliphatic rings. The van der Waals surface area contributed by atoms with Crippen molar-refractivity contribution < 1.29 is 13.9 Å². The van der Waals surface area contributed by atoms with Crippen LogP contribution in [-0.4, -0.2) is 24.3 Å². The molecule has 0 radical (unpaired) electrons. The lowest BCUT2D eigenvalue weighted by Crippen LogP contribution is -2.29. The number of aromatic nitrogens is 1. The molecule has 4 aromatic rings. The minimum absolute atomic E-state index is 0.232. The first-order chi connectivity index (χ1) is 16.6. The van der Waals surface area contributed by atoms with E-state index >= 15 is 0 Å². The molecule has 2 aromatic carbocycles. The van der Waals surface area contributed by atoms with E-state index in [1.54, 1.807) is 20.4 Å². The Balaban J connectivity index is 1.62. The summed E-state index contributed by atoms with van der Waals surface area (Å²) in [6, 6.07) is 22.4. The number of ether oxygens (including phenoxy) is 2. The van der Waals surface area contributed by atoms with Crippen molar-refractivity contribution in [3.05, 3.63) is 95.5 Å². The summed E-state index contributed by atoms with van der Waals surface area (Å²) < 4.78 is 17.5. The standard InChI is InChI=1S/C26H22ClN3O3S/c1-31-18-10-11-20(23(15-18)32-2)30-25(24(29-26(30)34)19-5-3-4-14-28-19)22-13-12-21(33-22)16-6-8-17(27)9-7-16/h3-15,24-25H,1-2H3,(H,29,34). The van der Waals surface area contributed by atoms with Crippen molar-refractivity contribution >= 4 is 34.6 Å². The number of nitrogens with zero attached hydrogens (tertiary/aromatic N) is 2. The van der Waals surface area contributed by atoms with Crippen LogP contribution in [0.1, 0.15) is 23.5 Å². The van der Waals surface area contributed by atoms with Gasteiger partial charge in [-0.1, -0.05) is 17.7 Å². The molecule has 0 bridgehead atoms. The molecule has 1 N–H and O–H groups in total. The van der Waals surface area contributed by atoms with Gasteiger partial charge in [-0.2, -0.15) is 0 Å². The van der Waals surface area contributed by atoms with Crippen molar-refractivity contribution in [2.75, 3.05) is 19.1 Å². The fraction of sp³-hybridized carbons (Fsp3) is 0.154. The van der Waals surface area contributed by atoms with Crippen molar-refractivity contribution in [2.24, 2.45) is 0 Å². The van der Waals surface area contributed by atoms with Crippen molar-refractivity contribution in [1.82, 2.24) is 10.3 Å². The maximum absolute atomic E-state index is 6.39. The summed E-state index contributed by atoms with van der Waals surface area (Å²) in [5, 5.41) is 4.66. The second-order valence-electron chi connectivity index (χ2n) is 7.74. The molecule has 0 spiro atoms. The van der Waals surface area contributed by atoms with E-state index in [0.717, 1.165) is 28.5 Å². The Morgan fingerprint density at radius 3 is 2.53 bits per heavy atom. The summed E-state index contributed by atoms with van der Waals surface area (Å²) in [4.78, 5) is 6.60. The summed E-state index contributed by atoms with van der Waals surface area (Å²) in [6.45, 7) is 0. The Kier molecular flexibility index (Phi) is 6.13. The van der Waals surface area contributed by atoms with Crippen LogP contribution < -0.4 is 19.7 Å². The molecule has 2 unspecified atom stereocenters. The van der Waals surface area contributed by atoms with Crippen LogP contribution in [0.25, 0.3) is 11.3 Å².